The zero-order valence-electron chi connectivity index (χ0n) is 9.82. The summed E-state index contributed by atoms with van der Waals surface area (Å²) in [6.45, 7) is 3.81. The fourth-order valence-corrected chi connectivity index (χ4v) is 2.24. The molecule has 1 aromatic rings. The summed E-state index contributed by atoms with van der Waals surface area (Å²) in [5.74, 6) is -0.0196. The van der Waals surface area contributed by atoms with E-state index in [4.69, 9.17) is 0 Å². The molecule has 0 bridgehead atoms. The molecule has 2 rings (SSSR count). The van der Waals surface area contributed by atoms with Crippen LogP contribution in [0.4, 0.5) is 5.69 Å². The van der Waals surface area contributed by atoms with Gasteiger partial charge in [0, 0.05) is 18.6 Å². The van der Waals surface area contributed by atoms with Crippen LogP contribution in [0.3, 0.4) is 0 Å². The second-order valence-corrected chi connectivity index (χ2v) is 4.77. The fourth-order valence-electron chi connectivity index (χ4n) is 2.24. The Bertz CT molecular complexity index is 495. The van der Waals surface area contributed by atoms with Gasteiger partial charge in [-0.2, -0.15) is 0 Å². The zero-order valence-corrected chi connectivity index (χ0v) is 9.82. The van der Waals surface area contributed by atoms with Crippen molar-refractivity contribution in [2.75, 3.05) is 0 Å². The number of nitro benzene ring substituents is 1. The lowest BCUT2D eigenvalue weighted by molar-refractivity contribution is -0.384. The molecule has 5 nitrogen and oxygen atoms in total. The molecule has 5 heteroatoms. The van der Waals surface area contributed by atoms with Gasteiger partial charge in [-0.15, -0.1) is 0 Å². The predicted molar refractivity (Wildman–Crippen MR) is 62.6 cm³/mol. The van der Waals surface area contributed by atoms with Crippen molar-refractivity contribution in [3.8, 4) is 0 Å². The topological polar surface area (TPSA) is 72.2 Å². The largest absolute Gasteiger partial charge is 0.347 e. The molecule has 0 radical (unpaired) electrons. The van der Waals surface area contributed by atoms with Crippen LogP contribution in [0, 0.1) is 10.1 Å². The minimum Gasteiger partial charge on any atom is -0.347 e. The molecule has 0 spiro atoms. The molecule has 1 N–H and O–H groups in total. The first-order valence-electron chi connectivity index (χ1n) is 5.49. The third kappa shape index (κ3) is 2.13. The summed E-state index contributed by atoms with van der Waals surface area (Å²) in [5.41, 5.74) is 1.43. The highest BCUT2D eigenvalue weighted by molar-refractivity contribution is 5.78. The van der Waals surface area contributed by atoms with Gasteiger partial charge in [-0.1, -0.05) is 0 Å². The average Bonchev–Trinajstić information content (AvgIpc) is 2.35. The molecule has 17 heavy (non-hydrogen) atoms. The van der Waals surface area contributed by atoms with Gasteiger partial charge < -0.3 is 5.32 Å². The Morgan fingerprint density at radius 3 is 2.71 bits per heavy atom. The maximum Gasteiger partial charge on any atom is 0.269 e. The first-order valence-corrected chi connectivity index (χ1v) is 5.49. The predicted octanol–water partition coefficient (Wildman–Crippen LogP) is 1.89. The quantitative estimate of drug-likeness (QED) is 0.595. The van der Waals surface area contributed by atoms with Crippen molar-refractivity contribution in [1.82, 2.24) is 5.32 Å². The van der Waals surface area contributed by atoms with Crippen LogP contribution in [-0.2, 0) is 16.8 Å². The van der Waals surface area contributed by atoms with Crippen molar-refractivity contribution in [2.45, 2.75) is 32.2 Å². The summed E-state index contributed by atoms with van der Waals surface area (Å²) in [6, 6.07) is 4.79. The number of fused-ring (bicyclic) bond motifs is 1. The van der Waals surface area contributed by atoms with Crippen LogP contribution in [0.5, 0.6) is 0 Å². The first kappa shape index (κ1) is 11.6. The van der Waals surface area contributed by atoms with Crippen molar-refractivity contribution < 1.29 is 9.72 Å². The van der Waals surface area contributed by atoms with Crippen LogP contribution in [0.25, 0.3) is 0 Å². The van der Waals surface area contributed by atoms with E-state index < -0.39 is 10.5 Å². The van der Waals surface area contributed by atoms with E-state index in [0.29, 0.717) is 12.8 Å². The molecule has 90 valence electrons. The molecule has 1 heterocycles. The van der Waals surface area contributed by atoms with Gasteiger partial charge in [-0.05, 0) is 37.5 Å². The average molecular weight is 234 g/mol. The number of benzene rings is 1. The molecule has 1 amide bonds. The van der Waals surface area contributed by atoms with Crippen LogP contribution in [0.15, 0.2) is 18.2 Å². The molecule has 0 fully saturated rings. The fraction of sp³-hybridized carbons (Fsp3) is 0.417. The maximum atomic E-state index is 11.5. The number of amides is 1. The van der Waals surface area contributed by atoms with Crippen LogP contribution >= 0.6 is 0 Å². The highest BCUT2D eigenvalue weighted by Gasteiger charge is 2.29. The molecule has 0 atom stereocenters. The van der Waals surface area contributed by atoms with Gasteiger partial charge in [-0.3, -0.25) is 14.9 Å². The Morgan fingerprint density at radius 1 is 1.35 bits per heavy atom. The van der Waals surface area contributed by atoms with Crippen LogP contribution in [0.2, 0.25) is 0 Å². The number of nitro groups is 1. The van der Waals surface area contributed by atoms with Crippen molar-refractivity contribution in [1.29, 1.82) is 0 Å². The van der Waals surface area contributed by atoms with Crippen molar-refractivity contribution in [3.63, 3.8) is 0 Å². The Hall–Kier alpha value is -1.91. The Balaban J connectivity index is 2.52. The molecule has 0 aliphatic carbocycles. The number of nitrogens with one attached hydrogen (secondary N) is 1. The monoisotopic (exact) mass is 234 g/mol. The molecule has 1 aromatic carbocycles. The number of aryl methyl sites for hydroxylation is 1. The number of carbonyl (C=O) groups excluding carboxylic acids is 1. The van der Waals surface area contributed by atoms with Crippen molar-refractivity contribution in [3.05, 3.63) is 39.4 Å². The summed E-state index contributed by atoms with van der Waals surface area (Å²) >= 11 is 0. The Morgan fingerprint density at radius 2 is 2.06 bits per heavy atom. The van der Waals surface area contributed by atoms with E-state index in [1.807, 2.05) is 13.8 Å². The minimum absolute atomic E-state index is 0.0196. The highest BCUT2D eigenvalue weighted by atomic mass is 16.6. The normalized spacial score (nSPS) is 17.9. The van der Waals surface area contributed by atoms with Crippen molar-refractivity contribution >= 4 is 11.6 Å². The van der Waals surface area contributed by atoms with Crippen molar-refractivity contribution in [2.24, 2.45) is 0 Å². The summed E-state index contributed by atoms with van der Waals surface area (Å²) in [7, 11) is 0. The molecule has 1 aliphatic rings. The van der Waals surface area contributed by atoms with Crippen LogP contribution in [0.1, 0.15) is 31.4 Å². The third-order valence-electron chi connectivity index (χ3n) is 3.05. The summed E-state index contributed by atoms with van der Waals surface area (Å²) in [4.78, 5) is 21.9. The van der Waals surface area contributed by atoms with Gasteiger partial charge in [-0.25, -0.2) is 0 Å². The third-order valence-corrected chi connectivity index (χ3v) is 3.05. The number of nitrogens with zero attached hydrogens (tertiary/aromatic N) is 1. The van der Waals surface area contributed by atoms with E-state index in [-0.39, 0.29) is 11.6 Å². The molecule has 0 saturated carbocycles. The SMILES string of the molecule is CC1(C)NC(=O)CCc2cc([N+](=O)[O-])ccc21. The molecule has 0 unspecified atom stereocenters. The van der Waals surface area contributed by atoms with Gasteiger partial charge in [0.2, 0.25) is 5.91 Å². The zero-order chi connectivity index (χ0) is 12.6. The lowest BCUT2D eigenvalue weighted by Gasteiger charge is -2.26. The summed E-state index contributed by atoms with van der Waals surface area (Å²) in [5, 5.41) is 13.6. The number of rotatable bonds is 1. The van der Waals surface area contributed by atoms with E-state index >= 15 is 0 Å². The van der Waals surface area contributed by atoms with Crippen LogP contribution in [-0.4, -0.2) is 10.8 Å². The second-order valence-electron chi connectivity index (χ2n) is 4.77. The summed E-state index contributed by atoms with van der Waals surface area (Å²) in [6.07, 6.45) is 0.921. The maximum absolute atomic E-state index is 11.5. The molecular formula is C12H14N2O3. The molecule has 0 aromatic heterocycles. The number of hydrogen-bond donors (Lipinski definition) is 1. The van der Waals surface area contributed by atoms with Gasteiger partial charge in [0.05, 0.1) is 10.5 Å². The molecule has 0 saturated heterocycles. The second kappa shape index (κ2) is 3.84. The van der Waals surface area contributed by atoms with Gasteiger partial charge in [0.25, 0.3) is 5.69 Å². The molecular weight excluding hydrogens is 220 g/mol. The van der Waals surface area contributed by atoms with E-state index in [1.54, 1.807) is 12.1 Å². The van der Waals surface area contributed by atoms with E-state index in [9.17, 15) is 14.9 Å². The van der Waals surface area contributed by atoms with Gasteiger partial charge in [0.1, 0.15) is 0 Å². The molecule has 1 aliphatic heterocycles. The van der Waals surface area contributed by atoms with Gasteiger partial charge in [0.15, 0.2) is 0 Å². The highest BCUT2D eigenvalue weighted by Crippen LogP contribution is 2.30. The van der Waals surface area contributed by atoms with Gasteiger partial charge >= 0.3 is 0 Å². The smallest absolute Gasteiger partial charge is 0.269 e. The number of carbonyl (C=O) groups is 1. The number of non-ortho nitro benzene ring substituents is 1. The van der Waals surface area contributed by atoms with Crippen LogP contribution < -0.4 is 5.32 Å². The lowest BCUT2D eigenvalue weighted by atomic mass is 9.89. The first-order chi connectivity index (χ1) is 7.90. The summed E-state index contributed by atoms with van der Waals surface area (Å²) < 4.78 is 0. The van der Waals surface area contributed by atoms with E-state index in [0.717, 1.165) is 11.1 Å². The minimum atomic E-state index is -0.474. The lowest BCUT2D eigenvalue weighted by Crippen LogP contribution is -2.39. The van der Waals surface area contributed by atoms with E-state index in [1.165, 1.54) is 6.07 Å². The standard InChI is InChI=1S/C12H14N2O3/c1-12(2)10-5-4-9(14(16)17)7-8(10)3-6-11(15)13-12/h4-5,7H,3,6H2,1-2H3,(H,13,15). The number of hydrogen-bond acceptors (Lipinski definition) is 3. The Labute approximate surface area is 99.0 Å². The Kier molecular flexibility index (Phi) is 2.61. The van der Waals surface area contributed by atoms with E-state index in [2.05, 4.69) is 5.32 Å².